The number of hydrogen-bond donors (Lipinski definition) is 1. The molecule has 0 bridgehead atoms. The van der Waals surface area contributed by atoms with E-state index in [2.05, 4.69) is 15.3 Å². The molecule has 0 aliphatic rings. The Morgan fingerprint density at radius 3 is 2.84 bits per heavy atom. The van der Waals surface area contributed by atoms with Crippen molar-refractivity contribution < 1.29 is 4.92 Å². The Labute approximate surface area is 114 Å². The molecular formula is C12H11ClN4O2. The van der Waals surface area contributed by atoms with Crippen LogP contribution in [0.15, 0.2) is 36.8 Å². The lowest BCUT2D eigenvalue weighted by Crippen LogP contribution is -2.15. The van der Waals surface area contributed by atoms with Gasteiger partial charge in [0.25, 0.3) is 5.69 Å². The minimum absolute atomic E-state index is 0.0164. The van der Waals surface area contributed by atoms with Crippen LogP contribution in [0.4, 0.5) is 5.69 Å². The van der Waals surface area contributed by atoms with Crippen molar-refractivity contribution in [3.05, 3.63) is 63.2 Å². The zero-order valence-electron chi connectivity index (χ0n) is 9.91. The summed E-state index contributed by atoms with van der Waals surface area (Å²) in [5.74, 6) is 0. The highest BCUT2D eigenvalue weighted by atomic mass is 35.5. The third kappa shape index (κ3) is 3.46. The van der Waals surface area contributed by atoms with E-state index in [0.29, 0.717) is 23.7 Å². The fraction of sp³-hybridized carbons (Fsp3) is 0.167. The fourth-order valence-electron chi connectivity index (χ4n) is 1.63. The summed E-state index contributed by atoms with van der Waals surface area (Å²) in [6.07, 6.45) is 3.09. The zero-order valence-corrected chi connectivity index (χ0v) is 10.7. The van der Waals surface area contributed by atoms with Crippen molar-refractivity contribution in [1.29, 1.82) is 0 Å². The van der Waals surface area contributed by atoms with Gasteiger partial charge in [0.2, 0.25) is 0 Å². The molecule has 0 saturated heterocycles. The largest absolute Gasteiger partial charge is 0.307 e. The summed E-state index contributed by atoms with van der Waals surface area (Å²) in [7, 11) is 0. The predicted octanol–water partition coefficient (Wildman–Crippen LogP) is 2.33. The Balaban J connectivity index is 2.05. The van der Waals surface area contributed by atoms with Crippen LogP contribution in [0.25, 0.3) is 0 Å². The maximum Gasteiger partial charge on any atom is 0.275 e. The summed E-state index contributed by atoms with van der Waals surface area (Å²) in [6, 6.07) is 6.41. The highest BCUT2D eigenvalue weighted by Crippen LogP contribution is 2.25. The van der Waals surface area contributed by atoms with Crippen molar-refractivity contribution in [2.75, 3.05) is 0 Å². The van der Waals surface area contributed by atoms with E-state index in [1.807, 2.05) is 0 Å². The third-order valence-corrected chi connectivity index (χ3v) is 2.90. The Hall–Kier alpha value is -2.05. The number of aromatic nitrogens is 2. The molecule has 1 heterocycles. The van der Waals surface area contributed by atoms with Gasteiger partial charge in [-0.05, 0) is 12.1 Å². The van der Waals surface area contributed by atoms with E-state index in [0.717, 1.165) is 5.69 Å². The molecule has 6 nitrogen and oxygen atoms in total. The molecule has 0 aliphatic carbocycles. The normalized spacial score (nSPS) is 10.4. The van der Waals surface area contributed by atoms with Crippen LogP contribution in [0.2, 0.25) is 5.02 Å². The Morgan fingerprint density at radius 1 is 1.32 bits per heavy atom. The van der Waals surface area contributed by atoms with Crippen molar-refractivity contribution in [2.45, 2.75) is 13.1 Å². The first kappa shape index (κ1) is 13.4. The fourth-order valence-corrected chi connectivity index (χ4v) is 1.87. The Bertz CT molecular complexity index is 577. The molecule has 0 atom stereocenters. The first-order valence-electron chi connectivity index (χ1n) is 5.56. The molecule has 1 aromatic heterocycles. The zero-order chi connectivity index (χ0) is 13.7. The van der Waals surface area contributed by atoms with E-state index in [1.165, 1.54) is 12.4 Å². The molecule has 2 aromatic rings. The second kappa shape index (κ2) is 6.21. The molecule has 19 heavy (non-hydrogen) atoms. The molecule has 2 rings (SSSR count). The van der Waals surface area contributed by atoms with Crippen molar-refractivity contribution in [1.82, 2.24) is 15.3 Å². The number of nitrogens with one attached hydrogen (secondary N) is 1. The van der Waals surface area contributed by atoms with E-state index < -0.39 is 4.92 Å². The number of hydrogen-bond acceptors (Lipinski definition) is 5. The van der Waals surface area contributed by atoms with E-state index in [1.54, 1.807) is 24.4 Å². The summed E-state index contributed by atoms with van der Waals surface area (Å²) in [5.41, 5.74) is 1.30. The molecule has 1 N–H and O–H groups in total. The van der Waals surface area contributed by atoms with Gasteiger partial charge in [-0.15, -0.1) is 0 Å². The summed E-state index contributed by atoms with van der Waals surface area (Å²) in [6.45, 7) is 0.797. The number of benzene rings is 1. The maximum atomic E-state index is 10.9. The van der Waals surface area contributed by atoms with Crippen molar-refractivity contribution in [2.24, 2.45) is 0 Å². The molecule has 0 amide bonds. The number of rotatable bonds is 5. The molecule has 0 spiro atoms. The van der Waals surface area contributed by atoms with Crippen molar-refractivity contribution in [3.63, 3.8) is 0 Å². The van der Waals surface area contributed by atoms with E-state index in [9.17, 15) is 10.1 Å². The molecular weight excluding hydrogens is 268 g/mol. The quantitative estimate of drug-likeness (QED) is 0.670. The lowest BCUT2D eigenvalue weighted by Gasteiger charge is -2.07. The lowest BCUT2D eigenvalue weighted by molar-refractivity contribution is -0.385. The van der Waals surface area contributed by atoms with E-state index >= 15 is 0 Å². The van der Waals surface area contributed by atoms with Crippen LogP contribution in [-0.2, 0) is 13.1 Å². The van der Waals surface area contributed by atoms with Crippen LogP contribution in [0.1, 0.15) is 11.3 Å². The number of halogens is 1. The van der Waals surface area contributed by atoms with Crippen LogP contribution < -0.4 is 5.32 Å². The van der Waals surface area contributed by atoms with Crippen molar-refractivity contribution in [3.8, 4) is 0 Å². The van der Waals surface area contributed by atoms with Gasteiger partial charge in [0.15, 0.2) is 0 Å². The second-order valence-electron chi connectivity index (χ2n) is 3.80. The molecule has 0 unspecified atom stereocenters. The molecule has 98 valence electrons. The number of nitro benzene ring substituents is 1. The van der Waals surface area contributed by atoms with Gasteiger partial charge >= 0.3 is 0 Å². The predicted molar refractivity (Wildman–Crippen MR) is 70.7 cm³/mol. The van der Waals surface area contributed by atoms with Crippen LogP contribution in [0.5, 0.6) is 0 Å². The van der Waals surface area contributed by atoms with Crippen LogP contribution in [0.3, 0.4) is 0 Å². The molecule has 0 saturated carbocycles. The monoisotopic (exact) mass is 278 g/mol. The summed E-state index contributed by atoms with van der Waals surface area (Å²) < 4.78 is 0. The molecule has 0 fully saturated rings. The molecule has 7 heteroatoms. The average Bonchev–Trinajstić information content (AvgIpc) is 2.41. The Kier molecular flexibility index (Phi) is 4.38. The van der Waals surface area contributed by atoms with Gasteiger partial charge in [-0.3, -0.25) is 10.1 Å². The average molecular weight is 279 g/mol. The molecule has 0 radical (unpaired) electrons. The Morgan fingerprint density at radius 2 is 2.16 bits per heavy atom. The van der Waals surface area contributed by atoms with E-state index in [-0.39, 0.29) is 5.69 Å². The molecule has 1 aromatic carbocycles. The minimum atomic E-state index is -0.437. The van der Waals surface area contributed by atoms with Gasteiger partial charge in [-0.25, -0.2) is 9.97 Å². The first-order valence-corrected chi connectivity index (χ1v) is 5.93. The minimum Gasteiger partial charge on any atom is -0.307 e. The lowest BCUT2D eigenvalue weighted by atomic mass is 10.2. The standard InChI is InChI=1S/C12H11ClN4O2/c13-11-2-1-3-12(17(18)19)10(11)7-15-6-9-4-5-14-8-16-9/h1-5,8,15H,6-7H2. The van der Waals surface area contributed by atoms with Crippen LogP contribution >= 0.6 is 11.6 Å². The second-order valence-corrected chi connectivity index (χ2v) is 4.21. The van der Waals surface area contributed by atoms with Gasteiger partial charge in [0.1, 0.15) is 6.33 Å². The van der Waals surface area contributed by atoms with Gasteiger partial charge in [-0.2, -0.15) is 0 Å². The highest BCUT2D eigenvalue weighted by molar-refractivity contribution is 6.31. The van der Waals surface area contributed by atoms with Gasteiger partial charge < -0.3 is 5.32 Å². The van der Waals surface area contributed by atoms with Gasteiger partial charge in [0, 0.05) is 25.4 Å². The SMILES string of the molecule is O=[N+]([O-])c1cccc(Cl)c1CNCc1ccncn1. The highest BCUT2D eigenvalue weighted by Gasteiger charge is 2.15. The number of nitro groups is 1. The summed E-state index contributed by atoms with van der Waals surface area (Å²) in [4.78, 5) is 18.3. The first-order chi connectivity index (χ1) is 9.18. The third-order valence-electron chi connectivity index (χ3n) is 2.54. The molecule has 0 aliphatic heterocycles. The topological polar surface area (TPSA) is 81.0 Å². The van der Waals surface area contributed by atoms with Crippen LogP contribution in [-0.4, -0.2) is 14.9 Å². The maximum absolute atomic E-state index is 10.9. The number of nitrogens with zero attached hydrogens (tertiary/aromatic N) is 3. The van der Waals surface area contributed by atoms with Crippen LogP contribution in [0, 0.1) is 10.1 Å². The summed E-state index contributed by atoms with van der Waals surface area (Å²) >= 11 is 5.99. The smallest absolute Gasteiger partial charge is 0.275 e. The summed E-state index contributed by atoms with van der Waals surface area (Å²) in [5, 5.41) is 14.4. The van der Waals surface area contributed by atoms with Gasteiger partial charge in [0.05, 0.1) is 21.2 Å². The van der Waals surface area contributed by atoms with Gasteiger partial charge in [-0.1, -0.05) is 17.7 Å². The van der Waals surface area contributed by atoms with E-state index in [4.69, 9.17) is 11.6 Å². The van der Waals surface area contributed by atoms with Crippen molar-refractivity contribution >= 4 is 17.3 Å².